The van der Waals surface area contributed by atoms with E-state index in [0.29, 0.717) is 26.1 Å². The molecule has 1 aliphatic carbocycles. The predicted molar refractivity (Wildman–Crippen MR) is 81.1 cm³/mol. The Morgan fingerprint density at radius 2 is 2.10 bits per heavy atom. The molecule has 1 aromatic rings. The van der Waals surface area contributed by atoms with Gasteiger partial charge in [0.05, 0.1) is 13.0 Å². The Labute approximate surface area is 124 Å². The molecule has 1 aromatic carbocycles. The van der Waals surface area contributed by atoms with Crippen LogP contribution in [-0.4, -0.2) is 38.0 Å². The van der Waals surface area contributed by atoms with Gasteiger partial charge in [0.1, 0.15) is 0 Å². The van der Waals surface area contributed by atoms with Crippen molar-refractivity contribution in [1.29, 1.82) is 0 Å². The lowest BCUT2D eigenvalue weighted by atomic mass is 10.2. The van der Waals surface area contributed by atoms with Crippen LogP contribution in [0.3, 0.4) is 0 Å². The number of nitrogens with one attached hydrogen (secondary N) is 2. The summed E-state index contributed by atoms with van der Waals surface area (Å²) in [6.45, 7) is 2.32. The molecule has 21 heavy (non-hydrogen) atoms. The molecule has 1 heterocycles. The highest BCUT2D eigenvalue weighted by molar-refractivity contribution is 6.01. The van der Waals surface area contributed by atoms with E-state index in [1.165, 1.54) is 12.8 Å². The third-order valence-electron chi connectivity index (χ3n) is 4.00. The average Bonchev–Trinajstić information content (AvgIpc) is 3.23. The quantitative estimate of drug-likeness (QED) is 0.776. The number of rotatable bonds is 7. The Morgan fingerprint density at radius 3 is 2.90 bits per heavy atom. The zero-order chi connectivity index (χ0) is 14.7. The summed E-state index contributed by atoms with van der Waals surface area (Å²) >= 11 is 0. The molecular formula is C16H21N3O2. The molecule has 1 saturated carbocycles. The maximum absolute atomic E-state index is 12.0. The summed E-state index contributed by atoms with van der Waals surface area (Å²) in [4.78, 5) is 25.4. The van der Waals surface area contributed by atoms with Crippen molar-refractivity contribution in [3.05, 3.63) is 29.8 Å². The minimum atomic E-state index is -0.00409. The van der Waals surface area contributed by atoms with E-state index in [0.717, 1.165) is 23.7 Å². The van der Waals surface area contributed by atoms with Crippen LogP contribution < -0.4 is 15.5 Å². The van der Waals surface area contributed by atoms with Gasteiger partial charge in [-0.25, -0.2) is 0 Å². The summed E-state index contributed by atoms with van der Waals surface area (Å²) in [6, 6.07) is 7.82. The standard InChI is InChI=1S/C16H21N3O2/c20-15(11-17-10-12-5-6-12)18-7-8-19-14-4-2-1-3-13(14)9-16(19)21/h1-4,12,17H,5-11H2,(H,18,20). The lowest BCUT2D eigenvalue weighted by molar-refractivity contribution is -0.120. The Balaban J connectivity index is 1.40. The van der Waals surface area contributed by atoms with E-state index in [4.69, 9.17) is 0 Å². The van der Waals surface area contributed by atoms with Gasteiger partial charge in [0.15, 0.2) is 0 Å². The fraction of sp³-hybridized carbons (Fsp3) is 0.500. The van der Waals surface area contributed by atoms with Crippen molar-refractivity contribution in [2.24, 2.45) is 5.92 Å². The van der Waals surface area contributed by atoms with E-state index in [9.17, 15) is 9.59 Å². The summed E-state index contributed by atoms with van der Waals surface area (Å²) in [5, 5.41) is 6.02. The summed E-state index contributed by atoms with van der Waals surface area (Å²) < 4.78 is 0. The number of amides is 2. The molecule has 112 valence electrons. The van der Waals surface area contributed by atoms with Crippen LogP contribution in [0, 0.1) is 5.92 Å². The van der Waals surface area contributed by atoms with Crippen molar-refractivity contribution in [3.8, 4) is 0 Å². The highest BCUT2D eigenvalue weighted by atomic mass is 16.2. The van der Waals surface area contributed by atoms with Crippen molar-refractivity contribution in [2.75, 3.05) is 31.1 Å². The number of nitrogens with zero attached hydrogens (tertiary/aromatic N) is 1. The molecule has 0 radical (unpaired) electrons. The van der Waals surface area contributed by atoms with E-state index in [1.54, 1.807) is 4.90 Å². The second kappa shape index (κ2) is 6.26. The lowest BCUT2D eigenvalue weighted by Gasteiger charge is -2.17. The molecule has 5 nitrogen and oxygen atoms in total. The summed E-state index contributed by atoms with van der Waals surface area (Å²) in [5.74, 6) is 0.879. The first-order valence-electron chi connectivity index (χ1n) is 7.60. The minimum Gasteiger partial charge on any atom is -0.353 e. The Bertz CT molecular complexity index is 540. The maximum atomic E-state index is 12.0. The molecule has 1 aliphatic heterocycles. The van der Waals surface area contributed by atoms with E-state index in [2.05, 4.69) is 10.6 Å². The molecule has 0 aromatic heterocycles. The molecule has 0 spiro atoms. The van der Waals surface area contributed by atoms with Crippen LogP contribution in [0.25, 0.3) is 0 Å². The molecule has 2 N–H and O–H groups in total. The largest absolute Gasteiger partial charge is 0.353 e. The van der Waals surface area contributed by atoms with Gasteiger partial charge in [0.2, 0.25) is 11.8 Å². The van der Waals surface area contributed by atoms with Crippen LogP contribution in [0.1, 0.15) is 18.4 Å². The molecule has 0 bridgehead atoms. The Hall–Kier alpha value is -1.88. The van der Waals surface area contributed by atoms with Gasteiger partial charge in [-0.15, -0.1) is 0 Å². The summed E-state index contributed by atoms with van der Waals surface area (Å²) in [5.41, 5.74) is 2.04. The van der Waals surface area contributed by atoms with E-state index in [1.807, 2.05) is 24.3 Å². The summed E-state index contributed by atoms with van der Waals surface area (Å²) in [6.07, 6.45) is 3.03. The number of carbonyl (C=O) groups is 2. The molecule has 0 saturated heterocycles. The smallest absolute Gasteiger partial charge is 0.234 e. The number of carbonyl (C=O) groups excluding carboxylic acids is 2. The first-order valence-corrected chi connectivity index (χ1v) is 7.60. The van der Waals surface area contributed by atoms with Crippen molar-refractivity contribution in [3.63, 3.8) is 0 Å². The van der Waals surface area contributed by atoms with Crippen molar-refractivity contribution < 1.29 is 9.59 Å². The zero-order valence-corrected chi connectivity index (χ0v) is 12.1. The molecule has 2 amide bonds. The number of fused-ring (bicyclic) bond motifs is 1. The van der Waals surface area contributed by atoms with Crippen molar-refractivity contribution in [1.82, 2.24) is 10.6 Å². The van der Waals surface area contributed by atoms with E-state index >= 15 is 0 Å². The van der Waals surface area contributed by atoms with Crippen LogP contribution in [-0.2, 0) is 16.0 Å². The van der Waals surface area contributed by atoms with Gasteiger partial charge in [-0.1, -0.05) is 18.2 Å². The molecular weight excluding hydrogens is 266 g/mol. The van der Waals surface area contributed by atoms with Crippen LogP contribution in [0.5, 0.6) is 0 Å². The predicted octanol–water partition coefficient (Wildman–Crippen LogP) is 0.692. The highest BCUT2D eigenvalue weighted by Crippen LogP contribution is 2.28. The van der Waals surface area contributed by atoms with Gasteiger partial charge < -0.3 is 15.5 Å². The van der Waals surface area contributed by atoms with Gasteiger partial charge in [-0.2, -0.15) is 0 Å². The van der Waals surface area contributed by atoms with E-state index < -0.39 is 0 Å². The number of hydrogen-bond donors (Lipinski definition) is 2. The van der Waals surface area contributed by atoms with Crippen LogP contribution in [0.2, 0.25) is 0 Å². The number of benzene rings is 1. The van der Waals surface area contributed by atoms with Crippen LogP contribution >= 0.6 is 0 Å². The maximum Gasteiger partial charge on any atom is 0.234 e. The third-order valence-corrected chi connectivity index (χ3v) is 4.00. The fourth-order valence-electron chi connectivity index (χ4n) is 2.64. The number of hydrogen-bond acceptors (Lipinski definition) is 3. The van der Waals surface area contributed by atoms with Crippen LogP contribution in [0.15, 0.2) is 24.3 Å². The second-order valence-electron chi connectivity index (χ2n) is 5.78. The first kappa shape index (κ1) is 14.1. The molecule has 2 aliphatic rings. The normalized spacial score (nSPS) is 17.0. The SMILES string of the molecule is O=C(CNCC1CC1)NCCN1C(=O)Cc2ccccc21. The highest BCUT2D eigenvalue weighted by Gasteiger charge is 2.26. The zero-order valence-electron chi connectivity index (χ0n) is 12.1. The topological polar surface area (TPSA) is 61.4 Å². The second-order valence-corrected chi connectivity index (χ2v) is 5.78. The molecule has 3 rings (SSSR count). The molecule has 1 fully saturated rings. The number of anilines is 1. The monoisotopic (exact) mass is 287 g/mol. The van der Waals surface area contributed by atoms with Gasteiger partial charge in [0, 0.05) is 18.8 Å². The lowest BCUT2D eigenvalue weighted by Crippen LogP contribution is -2.40. The number of para-hydroxylation sites is 1. The van der Waals surface area contributed by atoms with Gasteiger partial charge in [-0.3, -0.25) is 9.59 Å². The first-order chi connectivity index (χ1) is 10.2. The van der Waals surface area contributed by atoms with Gasteiger partial charge >= 0.3 is 0 Å². The van der Waals surface area contributed by atoms with Crippen LogP contribution in [0.4, 0.5) is 5.69 Å². The average molecular weight is 287 g/mol. The molecule has 5 heteroatoms. The Morgan fingerprint density at radius 1 is 1.29 bits per heavy atom. The molecule has 0 unspecified atom stereocenters. The third kappa shape index (κ3) is 3.61. The molecule has 0 atom stereocenters. The van der Waals surface area contributed by atoms with E-state index in [-0.39, 0.29) is 11.8 Å². The van der Waals surface area contributed by atoms with Crippen molar-refractivity contribution >= 4 is 17.5 Å². The van der Waals surface area contributed by atoms with Gasteiger partial charge in [-0.05, 0) is 36.9 Å². The van der Waals surface area contributed by atoms with Crippen molar-refractivity contribution in [2.45, 2.75) is 19.3 Å². The summed E-state index contributed by atoms with van der Waals surface area (Å²) in [7, 11) is 0. The minimum absolute atomic E-state index is 0.00409. The fourth-order valence-corrected chi connectivity index (χ4v) is 2.64. The Kier molecular flexibility index (Phi) is 4.20. The van der Waals surface area contributed by atoms with Gasteiger partial charge in [0.25, 0.3) is 0 Å².